The molecule has 0 aromatic carbocycles. The maximum atomic E-state index is 11.3. The van der Waals surface area contributed by atoms with E-state index in [1.165, 1.54) is 0 Å². The van der Waals surface area contributed by atoms with Crippen LogP contribution in [0, 0.1) is 0 Å². The summed E-state index contributed by atoms with van der Waals surface area (Å²) in [6.07, 6.45) is -6.12. The van der Waals surface area contributed by atoms with Gasteiger partial charge in [-0.2, -0.15) is 0 Å². The van der Waals surface area contributed by atoms with Gasteiger partial charge in [0.25, 0.3) is 0 Å². The lowest BCUT2D eigenvalue weighted by Gasteiger charge is -2.33. The van der Waals surface area contributed by atoms with Crippen LogP contribution in [0.5, 0.6) is 0 Å². The molecule has 0 spiro atoms. The number of hydrogen-bond donors (Lipinski definition) is 1. The Balaban J connectivity index is 5.79. The van der Waals surface area contributed by atoms with Crippen LogP contribution in [0.1, 0.15) is 27.7 Å². The smallest absolute Gasteiger partial charge is 0.303 e. The van der Waals surface area contributed by atoms with Crippen molar-refractivity contribution in [2.24, 2.45) is 0 Å². The topological polar surface area (TPSA) is 142 Å². The molecule has 10 nitrogen and oxygen atoms in total. The highest BCUT2D eigenvalue weighted by Crippen LogP contribution is 2.18. The SMILES string of the molecule is CC(=O)O[C@H]([C@@H](OC(C)=O)[C@H](CO)OC(C)=O)[C@H](C=O)OC(C)=O. The Morgan fingerprint density at radius 1 is 0.792 bits per heavy atom. The minimum Gasteiger partial charge on any atom is -0.456 e. The minimum atomic E-state index is -1.64. The summed E-state index contributed by atoms with van der Waals surface area (Å²) in [6.45, 7) is 3.27. The van der Waals surface area contributed by atoms with Gasteiger partial charge in [-0.1, -0.05) is 0 Å². The zero-order valence-electron chi connectivity index (χ0n) is 13.7. The monoisotopic (exact) mass is 348 g/mol. The lowest BCUT2D eigenvalue weighted by molar-refractivity contribution is -0.199. The van der Waals surface area contributed by atoms with E-state index in [0.717, 1.165) is 27.7 Å². The number of ether oxygens (including phenoxy) is 4. The Hall–Kier alpha value is -2.49. The molecule has 0 aliphatic heterocycles. The molecule has 0 rings (SSSR count). The largest absolute Gasteiger partial charge is 0.456 e. The van der Waals surface area contributed by atoms with Crippen LogP contribution in [0.2, 0.25) is 0 Å². The van der Waals surface area contributed by atoms with Gasteiger partial charge in [0.05, 0.1) is 6.61 Å². The van der Waals surface area contributed by atoms with Crippen LogP contribution in [0.15, 0.2) is 0 Å². The normalized spacial score (nSPS) is 15.2. The van der Waals surface area contributed by atoms with Crippen LogP contribution in [0.4, 0.5) is 0 Å². The first-order chi connectivity index (χ1) is 11.1. The number of carbonyl (C=O) groups is 5. The van der Waals surface area contributed by atoms with Crippen molar-refractivity contribution in [3.8, 4) is 0 Å². The van der Waals surface area contributed by atoms with E-state index < -0.39 is 54.9 Å². The fourth-order valence-corrected chi connectivity index (χ4v) is 1.84. The number of esters is 4. The first-order valence-corrected chi connectivity index (χ1v) is 6.87. The molecule has 1 N–H and O–H groups in total. The summed E-state index contributed by atoms with van der Waals surface area (Å²) in [5, 5.41) is 9.37. The highest BCUT2D eigenvalue weighted by atomic mass is 16.6. The molecule has 0 fully saturated rings. The molecule has 0 radical (unpaired) electrons. The van der Waals surface area contributed by atoms with Gasteiger partial charge in [0.1, 0.15) is 0 Å². The van der Waals surface area contributed by atoms with Gasteiger partial charge in [-0.15, -0.1) is 0 Å². The molecule has 0 aromatic heterocycles. The van der Waals surface area contributed by atoms with Gasteiger partial charge >= 0.3 is 23.9 Å². The first-order valence-electron chi connectivity index (χ1n) is 6.87. The number of carbonyl (C=O) groups excluding carboxylic acids is 5. The highest BCUT2D eigenvalue weighted by Gasteiger charge is 2.43. The maximum Gasteiger partial charge on any atom is 0.303 e. The molecule has 10 heteroatoms. The lowest BCUT2D eigenvalue weighted by Crippen LogP contribution is -2.53. The summed E-state index contributed by atoms with van der Waals surface area (Å²) >= 11 is 0. The summed E-state index contributed by atoms with van der Waals surface area (Å²) in [5.41, 5.74) is 0. The Kier molecular flexibility index (Phi) is 9.25. The van der Waals surface area contributed by atoms with E-state index in [-0.39, 0.29) is 6.29 Å². The lowest BCUT2D eigenvalue weighted by atomic mass is 10.0. The number of rotatable bonds is 9. The molecule has 136 valence electrons. The van der Waals surface area contributed by atoms with Crippen molar-refractivity contribution in [2.75, 3.05) is 6.61 Å². The Labute approximate surface area is 138 Å². The van der Waals surface area contributed by atoms with E-state index in [1.54, 1.807) is 0 Å². The zero-order valence-corrected chi connectivity index (χ0v) is 13.7. The summed E-state index contributed by atoms with van der Waals surface area (Å²) in [7, 11) is 0. The molecule has 0 saturated heterocycles. The number of hydrogen-bond acceptors (Lipinski definition) is 10. The first kappa shape index (κ1) is 21.5. The van der Waals surface area contributed by atoms with Gasteiger partial charge in [-0.25, -0.2) is 0 Å². The van der Waals surface area contributed by atoms with Gasteiger partial charge in [0, 0.05) is 27.7 Å². The third-order valence-electron chi connectivity index (χ3n) is 2.55. The highest BCUT2D eigenvalue weighted by molar-refractivity contribution is 5.72. The number of aliphatic hydroxyl groups excluding tert-OH is 1. The summed E-state index contributed by atoms with van der Waals surface area (Å²) < 4.78 is 19.4. The molecular weight excluding hydrogens is 328 g/mol. The number of aldehydes is 1. The van der Waals surface area contributed by atoms with Crippen molar-refractivity contribution in [2.45, 2.75) is 52.1 Å². The molecule has 0 heterocycles. The Morgan fingerprint density at radius 2 is 1.21 bits per heavy atom. The quantitative estimate of drug-likeness (QED) is 0.310. The third kappa shape index (κ3) is 7.68. The second-order valence-electron chi connectivity index (χ2n) is 4.69. The molecule has 0 aliphatic rings. The molecule has 0 saturated carbocycles. The Bertz CT molecular complexity index is 486. The van der Waals surface area contributed by atoms with Crippen molar-refractivity contribution < 1.29 is 48.0 Å². The van der Waals surface area contributed by atoms with Gasteiger partial charge in [-0.05, 0) is 0 Å². The van der Waals surface area contributed by atoms with E-state index >= 15 is 0 Å². The molecule has 0 amide bonds. The number of aliphatic hydroxyl groups is 1. The Morgan fingerprint density at radius 3 is 1.54 bits per heavy atom. The van der Waals surface area contributed by atoms with Crippen molar-refractivity contribution in [3.63, 3.8) is 0 Å². The van der Waals surface area contributed by atoms with Crippen LogP contribution in [-0.2, 0) is 42.9 Å². The van der Waals surface area contributed by atoms with Crippen LogP contribution < -0.4 is 0 Å². The summed E-state index contributed by atoms with van der Waals surface area (Å²) in [6, 6.07) is 0. The molecular formula is C14H20O10. The zero-order chi connectivity index (χ0) is 18.9. The molecule has 0 aliphatic carbocycles. The molecule has 0 bridgehead atoms. The van der Waals surface area contributed by atoms with Crippen molar-refractivity contribution in [1.82, 2.24) is 0 Å². The standard InChI is InChI=1S/C14H20O10/c1-7(17)21-11(5-15)13(23-9(3)19)14(24-10(4)20)12(6-16)22-8(2)18/h5,11-14,16H,6H2,1-4H3/t11-,12-,13-,14-/m0/s1. The predicted octanol–water partition coefficient (Wildman–Crippen LogP) is -1.10. The van der Waals surface area contributed by atoms with E-state index in [9.17, 15) is 29.1 Å². The fourth-order valence-electron chi connectivity index (χ4n) is 1.84. The second-order valence-corrected chi connectivity index (χ2v) is 4.69. The average Bonchev–Trinajstić information content (AvgIpc) is 2.45. The fraction of sp³-hybridized carbons (Fsp3) is 0.643. The van der Waals surface area contributed by atoms with Crippen molar-refractivity contribution >= 4 is 30.2 Å². The van der Waals surface area contributed by atoms with E-state index in [1.807, 2.05) is 0 Å². The second kappa shape index (κ2) is 10.3. The minimum absolute atomic E-state index is 0.160. The van der Waals surface area contributed by atoms with E-state index in [0.29, 0.717) is 0 Å². The van der Waals surface area contributed by atoms with Gasteiger partial charge < -0.3 is 24.1 Å². The van der Waals surface area contributed by atoms with Crippen molar-refractivity contribution in [1.29, 1.82) is 0 Å². The van der Waals surface area contributed by atoms with Crippen LogP contribution in [-0.4, -0.2) is 66.3 Å². The molecule has 4 atom stereocenters. The van der Waals surface area contributed by atoms with Crippen LogP contribution >= 0.6 is 0 Å². The van der Waals surface area contributed by atoms with E-state index in [4.69, 9.17) is 18.9 Å². The predicted molar refractivity (Wildman–Crippen MR) is 75.4 cm³/mol. The summed E-state index contributed by atoms with van der Waals surface area (Å²) in [4.78, 5) is 56.0. The maximum absolute atomic E-state index is 11.3. The van der Waals surface area contributed by atoms with Gasteiger partial charge in [0.15, 0.2) is 30.7 Å². The molecule has 0 unspecified atom stereocenters. The molecule has 0 aromatic rings. The van der Waals surface area contributed by atoms with Gasteiger partial charge in [-0.3, -0.25) is 24.0 Å². The van der Waals surface area contributed by atoms with Crippen LogP contribution in [0.3, 0.4) is 0 Å². The van der Waals surface area contributed by atoms with E-state index in [2.05, 4.69) is 0 Å². The average molecular weight is 348 g/mol. The van der Waals surface area contributed by atoms with Crippen LogP contribution in [0.25, 0.3) is 0 Å². The summed E-state index contributed by atoms with van der Waals surface area (Å²) in [5.74, 6) is -3.42. The third-order valence-corrected chi connectivity index (χ3v) is 2.55. The van der Waals surface area contributed by atoms with Crippen molar-refractivity contribution in [3.05, 3.63) is 0 Å². The molecule has 24 heavy (non-hydrogen) atoms. The van der Waals surface area contributed by atoms with Gasteiger partial charge in [0.2, 0.25) is 0 Å².